The Morgan fingerprint density at radius 2 is 2.27 bits per heavy atom. The van der Waals surface area contributed by atoms with Gasteiger partial charge in [0.1, 0.15) is 5.60 Å². The van der Waals surface area contributed by atoms with Gasteiger partial charge in [-0.2, -0.15) is 0 Å². The lowest BCUT2D eigenvalue weighted by Crippen LogP contribution is -2.37. The van der Waals surface area contributed by atoms with Gasteiger partial charge in [-0.1, -0.05) is 6.92 Å². The number of hydrogen-bond acceptors (Lipinski definition) is 2. The van der Waals surface area contributed by atoms with Crippen LogP contribution in [0.25, 0.3) is 0 Å². The van der Waals surface area contributed by atoms with Crippen LogP contribution in [0.5, 0.6) is 0 Å². The van der Waals surface area contributed by atoms with E-state index >= 15 is 0 Å². The van der Waals surface area contributed by atoms with Gasteiger partial charge in [0, 0.05) is 0 Å². The molecule has 1 unspecified atom stereocenters. The van der Waals surface area contributed by atoms with E-state index in [2.05, 4.69) is 0 Å². The van der Waals surface area contributed by atoms with Crippen LogP contribution in [-0.2, 0) is 9.53 Å². The fourth-order valence-corrected chi connectivity index (χ4v) is 1.42. The Morgan fingerprint density at radius 3 is 2.73 bits per heavy atom. The smallest absolute Gasteiger partial charge is 0.309 e. The summed E-state index contributed by atoms with van der Waals surface area (Å²) in [5.74, 6) is 0.145. The Morgan fingerprint density at radius 1 is 1.64 bits per heavy atom. The van der Waals surface area contributed by atoms with Gasteiger partial charge in [-0.05, 0) is 33.1 Å². The van der Waals surface area contributed by atoms with Crippen LogP contribution < -0.4 is 0 Å². The third-order valence-electron chi connectivity index (χ3n) is 2.30. The van der Waals surface area contributed by atoms with Gasteiger partial charge in [0.25, 0.3) is 0 Å². The summed E-state index contributed by atoms with van der Waals surface area (Å²) < 4.78 is 5.24. The van der Waals surface area contributed by atoms with E-state index in [1.54, 1.807) is 0 Å². The zero-order valence-electron chi connectivity index (χ0n) is 7.52. The molecule has 1 aliphatic heterocycles. The maximum absolute atomic E-state index is 11.2. The lowest BCUT2D eigenvalue weighted by Gasteiger charge is -2.33. The van der Waals surface area contributed by atoms with Gasteiger partial charge in [-0.15, -0.1) is 0 Å². The van der Waals surface area contributed by atoms with Crippen molar-refractivity contribution in [1.82, 2.24) is 0 Å². The van der Waals surface area contributed by atoms with Crippen molar-refractivity contribution in [2.45, 2.75) is 45.6 Å². The lowest BCUT2D eigenvalue weighted by molar-refractivity contribution is -0.170. The maximum Gasteiger partial charge on any atom is 0.309 e. The first kappa shape index (κ1) is 8.57. The number of rotatable bonds is 1. The molecule has 1 fully saturated rings. The van der Waals surface area contributed by atoms with Crippen molar-refractivity contribution in [3.8, 4) is 0 Å². The zero-order valence-corrected chi connectivity index (χ0v) is 7.52. The van der Waals surface area contributed by atoms with Crippen molar-refractivity contribution < 1.29 is 9.53 Å². The predicted octanol–water partition coefficient (Wildman–Crippen LogP) is 2.13. The largest absolute Gasteiger partial charge is 0.459 e. The van der Waals surface area contributed by atoms with Crippen molar-refractivity contribution >= 4 is 5.97 Å². The Labute approximate surface area is 67.9 Å². The molecule has 1 heterocycles. The highest BCUT2D eigenvalue weighted by atomic mass is 16.6. The summed E-state index contributed by atoms with van der Waals surface area (Å²) in [4.78, 5) is 11.2. The highest BCUT2D eigenvalue weighted by Gasteiger charge is 2.33. The summed E-state index contributed by atoms with van der Waals surface area (Å²) in [6.45, 7) is 5.97. The molecule has 2 nitrogen and oxygen atoms in total. The van der Waals surface area contributed by atoms with E-state index in [1.165, 1.54) is 0 Å². The predicted molar refractivity (Wildman–Crippen MR) is 43.2 cm³/mol. The average Bonchev–Trinajstić information content (AvgIpc) is 1.86. The van der Waals surface area contributed by atoms with Crippen LogP contribution in [0.1, 0.15) is 40.0 Å². The molecule has 0 bridgehead atoms. The van der Waals surface area contributed by atoms with Gasteiger partial charge < -0.3 is 4.74 Å². The van der Waals surface area contributed by atoms with Gasteiger partial charge in [-0.3, -0.25) is 4.79 Å². The number of carbonyl (C=O) groups is 1. The quantitative estimate of drug-likeness (QED) is 0.543. The molecule has 0 amide bonds. The first-order chi connectivity index (χ1) is 5.05. The Hall–Kier alpha value is -0.530. The average molecular weight is 156 g/mol. The van der Waals surface area contributed by atoms with E-state index in [4.69, 9.17) is 4.74 Å². The highest BCUT2D eigenvalue weighted by molar-refractivity contribution is 5.73. The van der Waals surface area contributed by atoms with E-state index < -0.39 is 0 Å². The molecule has 1 atom stereocenters. The molecule has 1 saturated heterocycles. The second-order valence-corrected chi connectivity index (χ2v) is 3.82. The number of esters is 1. The summed E-state index contributed by atoms with van der Waals surface area (Å²) in [5, 5.41) is 0. The minimum absolute atomic E-state index is 0.0104. The van der Waals surface area contributed by atoms with Gasteiger partial charge in [-0.25, -0.2) is 0 Å². The van der Waals surface area contributed by atoms with Gasteiger partial charge in [0.05, 0.1) is 5.92 Å². The van der Waals surface area contributed by atoms with Crippen molar-refractivity contribution in [2.75, 3.05) is 0 Å². The van der Waals surface area contributed by atoms with Crippen LogP contribution in [0.2, 0.25) is 0 Å². The lowest BCUT2D eigenvalue weighted by atomic mass is 9.90. The molecular weight excluding hydrogens is 140 g/mol. The summed E-state index contributed by atoms with van der Waals surface area (Å²) >= 11 is 0. The van der Waals surface area contributed by atoms with Gasteiger partial charge in [0.15, 0.2) is 0 Å². The monoisotopic (exact) mass is 156 g/mol. The number of cyclic esters (lactones) is 1. The van der Waals surface area contributed by atoms with E-state index in [-0.39, 0.29) is 17.5 Å². The highest BCUT2D eigenvalue weighted by Crippen LogP contribution is 2.29. The molecule has 1 rings (SSSR count). The maximum atomic E-state index is 11.2. The first-order valence-electron chi connectivity index (χ1n) is 4.28. The number of carbonyl (C=O) groups excluding carboxylic acids is 1. The Bertz CT molecular complexity index is 161. The molecular formula is C9H16O2. The van der Waals surface area contributed by atoms with Crippen LogP contribution in [0.4, 0.5) is 0 Å². The van der Waals surface area contributed by atoms with E-state index in [0.29, 0.717) is 0 Å². The molecule has 0 aliphatic carbocycles. The zero-order chi connectivity index (χ0) is 8.48. The van der Waals surface area contributed by atoms with Crippen LogP contribution in [0.3, 0.4) is 0 Å². The SMILES string of the molecule is CCC1CCC(C)(C)OC1=O. The molecule has 2 heteroatoms. The number of hydrogen-bond donors (Lipinski definition) is 0. The minimum atomic E-state index is -0.219. The Balaban J connectivity index is 2.55. The van der Waals surface area contributed by atoms with Gasteiger partial charge >= 0.3 is 5.97 Å². The van der Waals surface area contributed by atoms with E-state index in [0.717, 1.165) is 19.3 Å². The van der Waals surface area contributed by atoms with Crippen LogP contribution >= 0.6 is 0 Å². The molecule has 0 aromatic carbocycles. The third kappa shape index (κ3) is 1.95. The summed E-state index contributed by atoms with van der Waals surface area (Å²) in [6.07, 6.45) is 2.90. The molecule has 0 saturated carbocycles. The molecule has 0 radical (unpaired) electrons. The van der Waals surface area contributed by atoms with E-state index in [9.17, 15) is 4.79 Å². The molecule has 0 spiro atoms. The van der Waals surface area contributed by atoms with Crippen molar-refractivity contribution in [3.05, 3.63) is 0 Å². The van der Waals surface area contributed by atoms with Gasteiger partial charge in [0.2, 0.25) is 0 Å². The van der Waals surface area contributed by atoms with Crippen molar-refractivity contribution in [2.24, 2.45) is 5.92 Å². The standard InChI is InChI=1S/C9H16O2/c1-4-7-5-6-9(2,3)11-8(7)10/h7H,4-6H2,1-3H3. The number of ether oxygens (including phenoxy) is 1. The second kappa shape index (κ2) is 2.84. The summed E-state index contributed by atoms with van der Waals surface area (Å²) in [6, 6.07) is 0. The molecule has 0 N–H and O–H groups in total. The van der Waals surface area contributed by atoms with Crippen LogP contribution in [0.15, 0.2) is 0 Å². The van der Waals surface area contributed by atoms with Crippen LogP contribution in [-0.4, -0.2) is 11.6 Å². The normalized spacial score (nSPS) is 29.7. The van der Waals surface area contributed by atoms with Crippen molar-refractivity contribution in [3.63, 3.8) is 0 Å². The first-order valence-corrected chi connectivity index (χ1v) is 4.28. The molecule has 0 aromatic rings. The second-order valence-electron chi connectivity index (χ2n) is 3.82. The summed E-state index contributed by atoms with van der Waals surface area (Å²) in [5.41, 5.74) is -0.219. The fraction of sp³-hybridized carbons (Fsp3) is 0.889. The third-order valence-corrected chi connectivity index (χ3v) is 2.30. The molecule has 64 valence electrons. The summed E-state index contributed by atoms with van der Waals surface area (Å²) in [7, 11) is 0. The fourth-order valence-electron chi connectivity index (χ4n) is 1.42. The van der Waals surface area contributed by atoms with E-state index in [1.807, 2.05) is 20.8 Å². The Kier molecular flexibility index (Phi) is 2.21. The van der Waals surface area contributed by atoms with Crippen molar-refractivity contribution in [1.29, 1.82) is 0 Å². The topological polar surface area (TPSA) is 26.3 Å². The minimum Gasteiger partial charge on any atom is -0.459 e. The van der Waals surface area contributed by atoms with Crippen LogP contribution in [0, 0.1) is 5.92 Å². The molecule has 0 aromatic heterocycles. The molecule has 1 aliphatic rings. The molecule has 11 heavy (non-hydrogen) atoms.